The van der Waals surface area contributed by atoms with Crippen molar-refractivity contribution in [3.05, 3.63) is 71.2 Å². The summed E-state index contributed by atoms with van der Waals surface area (Å²) in [6.45, 7) is 2.40. The lowest BCUT2D eigenvalue weighted by molar-refractivity contribution is 0.0446. The number of carbonyl (C=O) groups is 1. The lowest BCUT2D eigenvalue weighted by atomic mass is 9.93. The van der Waals surface area contributed by atoms with Crippen LogP contribution in [0.5, 0.6) is 0 Å². The molecule has 4 aromatic rings. The molecule has 0 aliphatic carbocycles. The van der Waals surface area contributed by atoms with Gasteiger partial charge in [0.15, 0.2) is 11.6 Å². The van der Waals surface area contributed by atoms with E-state index < -0.39 is 17.7 Å². The minimum absolute atomic E-state index is 0.205. The Hall–Kier alpha value is -3.55. The van der Waals surface area contributed by atoms with Gasteiger partial charge in [-0.15, -0.1) is 0 Å². The fraction of sp³-hybridized carbons (Fsp3) is 0.190. The van der Waals surface area contributed by atoms with Crippen molar-refractivity contribution < 1.29 is 13.6 Å². The molecule has 0 spiro atoms. The van der Waals surface area contributed by atoms with E-state index in [9.17, 15) is 13.6 Å². The van der Waals surface area contributed by atoms with Crippen molar-refractivity contribution in [3.63, 3.8) is 0 Å². The number of carbonyl (C=O) groups excluding carboxylic acids is 1. The van der Waals surface area contributed by atoms with Gasteiger partial charge in [0.1, 0.15) is 11.3 Å². The van der Waals surface area contributed by atoms with E-state index in [2.05, 4.69) is 20.2 Å². The molecule has 146 valence electrons. The number of H-pyrrole nitrogens is 2. The van der Waals surface area contributed by atoms with Crippen molar-refractivity contribution in [2.45, 2.75) is 19.4 Å². The SMILES string of the molecule is Cc1[nH]ncc1-c1ccc2cc(C(=O)N3CC[C@@H]3c3cccc(F)c3F)[nH]c2n1. The predicted octanol–water partition coefficient (Wildman–Crippen LogP) is 4.13. The minimum Gasteiger partial charge on any atom is -0.335 e. The number of hydrogen-bond donors (Lipinski definition) is 2. The number of amides is 1. The number of benzene rings is 1. The Balaban J connectivity index is 1.45. The van der Waals surface area contributed by atoms with Gasteiger partial charge in [-0.25, -0.2) is 13.8 Å². The Morgan fingerprint density at radius 2 is 2.10 bits per heavy atom. The highest BCUT2D eigenvalue weighted by atomic mass is 19.2. The molecular formula is C21H17F2N5O. The van der Waals surface area contributed by atoms with Gasteiger partial charge in [0.25, 0.3) is 5.91 Å². The van der Waals surface area contributed by atoms with Crippen LogP contribution in [-0.4, -0.2) is 37.5 Å². The zero-order valence-corrected chi connectivity index (χ0v) is 15.5. The zero-order valence-electron chi connectivity index (χ0n) is 15.5. The zero-order chi connectivity index (χ0) is 20.1. The highest BCUT2D eigenvalue weighted by Crippen LogP contribution is 2.36. The van der Waals surface area contributed by atoms with Gasteiger partial charge >= 0.3 is 0 Å². The first-order chi connectivity index (χ1) is 14.0. The molecule has 0 bridgehead atoms. The number of hydrogen-bond acceptors (Lipinski definition) is 3. The summed E-state index contributed by atoms with van der Waals surface area (Å²) < 4.78 is 27.7. The third kappa shape index (κ3) is 2.79. The van der Waals surface area contributed by atoms with Crippen molar-refractivity contribution in [2.75, 3.05) is 6.54 Å². The van der Waals surface area contributed by atoms with Crippen LogP contribution in [0.25, 0.3) is 22.3 Å². The van der Waals surface area contributed by atoms with E-state index >= 15 is 0 Å². The Bertz CT molecular complexity index is 1250. The molecule has 1 aliphatic heterocycles. The number of nitrogens with one attached hydrogen (secondary N) is 2. The molecule has 2 N–H and O–H groups in total. The highest BCUT2D eigenvalue weighted by molar-refractivity contribution is 5.98. The molecule has 1 aliphatic rings. The normalized spacial score (nSPS) is 16.2. The molecule has 1 saturated heterocycles. The van der Waals surface area contributed by atoms with Crippen LogP contribution < -0.4 is 0 Å². The van der Waals surface area contributed by atoms with Crippen LogP contribution in [0.15, 0.2) is 42.6 Å². The number of aromatic nitrogens is 4. The van der Waals surface area contributed by atoms with Crippen LogP contribution in [0.4, 0.5) is 8.78 Å². The van der Waals surface area contributed by atoms with Crippen LogP contribution in [0, 0.1) is 18.6 Å². The van der Waals surface area contributed by atoms with E-state index in [1.165, 1.54) is 12.1 Å². The number of aromatic amines is 2. The van der Waals surface area contributed by atoms with Gasteiger partial charge < -0.3 is 9.88 Å². The number of rotatable bonds is 3. The van der Waals surface area contributed by atoms with Crippen molar-refractivity contribution >= 4 is 16.9 Å². The Labute approximate surface area is 164 Å². The lowest BCUT2D eigenvalue weighted by Gasteiger charge is -2.41. The topological polar surface area (TPSA) is 77.7 Å². The first-order valence-corrected chi connectivity index (χ1v) is 9.28. The molecule has 29 heavy (non-hydrogen) atoms. The van der Waals surface area contributed by atoms with Gasteiger partial charge in [-0.05, 0) is 37.6 Å². The summed E-state index contributed by atoms with van der Waals surface area (Å²) in [5.41, 5.74) is 3.69. The fourth-order valence-electron chi connectivity index (χ4n) is 3.77. The van der Waals surface area contributed by atoms with E-state index in [0.29, 0.717) is 24.3 Å². The molecule has 8 heteroatoms. The summed E-state index contributed by atoms with van der Waals surface area (Å²) in [6.07, 6.45) is 2.30. The average molecular weight is 393 g/mol. The van der Waals surface area contributed by atoms with Gasteiger partial charge in [-0.1, -0.05) is 12.1 Å². The number of likely N-dealkylation sites (tertiary alicyclic amines) is 1. The smallest absolute Gasteiger partial charge is 0.270 e. The Morgan fingerprint density at radius 1 is 1.24 bits per heavy atom. The second kappa shape index (κ2) is 6.51. The molecule has 3 aromatic heterocycles. The standard InChI is InChI=1S/C21H17F2N5O/c1-11-14(10-24-27-11)16-6-5-12-9-17(26-20(12)25-16)21(29)28-8-7-18(28)13-3-2-4-15(22)19(13)23/h2-6,9-10,18H,7-8H2,1H3,(H,24,27)(H,25,26)/t18-/m1/s1. The second-order valence-corrected chi connectivity index (χ2v) is 7.17. The summed E-state index contributed by atoms with van der Waals surface area (Å²) in [4.78, 5) is 22.2. The molecule has 0 unspecified atom stereocenters. The van der Waals surface area contributed by atoms with Crippen molar-refractivity contribution in [1.82, 2.24) is 25.1 Å². The van der Waals surface area contributed by atoms with Crippen LogP contribution in [0.2, 0.25) is 0 Å². The van der Waals surface area contributed by atoms with Crippen molar-refractivity contribution in [1.29, 1.82) is 0 Å². The summed E-state index contributed by atoms with van der Waals surface area (Å²) in [7, 11) is 0. The van der Waals surface area contributed by atoms with Crippen LogP contribution >= 0.6 is 0 Å². The maximum absolute atomic E-state index is 14.2. The first-order valence-electron chi connectivity index (χ1n) is 9.28. The predicted molar refractivity (Wildman–Crippen MR) is 103 cm³/mol. The summed E-state index contributed by atoms with van der Waals surface area (Å²) in [5.74, 6) is -2.06. The van der Waals surface area contributed by atoms with Crippen LogP contribution in [-0.2, 0) is 0 Å². The van der Waals surface area contributed by atoms with E-state index in [1.807, 2.05) is 19.1 Å². The average Bonchev–Trinajstić information content (AvgIpc) is 3.29. The van der Waals surface area contributed by atoms with Crippen molar-refractivity contribution in [2.24, 2.45) is 0 Å². The van der Waals surface area contributed by atoms with Gasteiger partial charge in [0, 0.05) is 28.8 Å². The summed E-state index contributed by atoms with van der Waals surface area (Å²) >= 11 is 0. The lowest BCUT2D eigenvalue weighted by Crippen LogP contribution is -2.45. The van der Waals surface area contributed by atoms with E-state index in [4.69, 9.17) is 0 Å². The number of fused-ring (bicyclic) bond motifs is 1. The van der Waals surface area contributed by atoms with Crippen LogP contribution in [0.1, 0.15) is 34.2 Å². The third-order valence-corrected chi connectivity index (χ3v) is 5.44. The molecule has 0 radical (unpaired) electrons. The second-order valence-electron chi connectivity index (χ2n) is 7.17. The quantitative estimate of drug-likeness (QED) is 0.549. The maximum atomic E-state index is 14.2. The summed E-state index contributed by atoms with van der Waals surface area (Å²) in [5, 5.41) is 7.69. The van der Waals surface area contributed by atoms with E-state index in [1.54, 1.807) is 17.2 Å². The fourth-order valence-corrected chi connectivity index (χ4v) is 3.77. The Kier molecular flexibility index (Phi) is 3.94. The highest BCUT2D eigenvalue weighted by Gasteiger charge is 2.36. The molecule has 0 saturated carbocycles. The summed E-state index contributed by atoms with van der Waals surface area (Å²) in [6, 6.07) is 9.08. The van der Waals surface area contributed by atoms with E-state index in [0.717, 1.165) is 28.4 Å². The number of nitrogens with zero attached hydrogens (tertiary/aromatic N) is 3. The molecule has 1 atom stereocenters. The molecule has 4 heterocycles. The molecule has 5 rings (SSSR count). The van der Waals surface area contributed by atoms with E-state index in [-0.39, 0.29) is 11.5 Å². The molecule has 1 fully saturated rings. The first kappa shape index (κ1) is 17.5. The minimum atomic E-state index is -0.904. The van der Waals surface area contributed by atoms with Gasteiger partial charge in [-0.3, -0.25) is 9.89 Å². The van der Waals surface area contributed by atoms with Gasteiger partial charge in [-0.2, -0.15) is 5.10 Å². The maximum Gasteiger partial charge on any atom is 0.270 e. The number of aryl methyl sites for hydroxylation is 1. The molecule has 6 nitrogen and oxygen atoms in total. The molecule has 1 amide bonds. The Morgan fingerprint density at radius 3 is 2.83 bits per heavy atom. The van der Waals surface area contributed by atoms with Gasteiger partial charge in [0.05, 0.1) is 17.9 Å². The largest absolute Gasteiger partial charge is 0.335 e. The molecule has 1 aromatic carbocycles. The third-order valence-electron chi connectivity index (χ3n) is 5.44. The van der Waals surface area contributed by atoms with Crippen molar-refractivity contribution in [3.8, 4) is 11.3 Å². The molecular weight excluding hydrogens is 376 g/mol. The number of halogens is 2. The van der Waals surface area contributed by atoms with Gasteiger partial charge in [0.2, 0.25) is 0 Å². The number of pyridine rings is 1. The van der Waals surface area contributed by atoms with Crippen LogP contribution in [0.3, 0.4) is 0 Å². The monoisotopic (exact) mass is 393 g/mol.